The van der Waals surface area contributed by atoms with Gasteiger partial charge < -0.3 is 50.5 Å². The average molecular weight is 833 g/mol. The molecule has 0 bridgehead atoms. The van der Waals surface area contributed by atoms with Crippen molar-refractivity contribution in [3.8, 4) is 29.5 Å². The minimum absolute atomic E-state index is 0.0890. The Morgan fingerprint density at radius 1 is 0.820 bits per heavy atom. The minimum Gasteiger partial charge on any atom is -0.508 e. The summed E-state index contributed by atoms with van der Waals surface area (Å²) >= 11 is 0. The second-order valence-electron chi connectivity index (χ2n) is 14.0. The summed E-state index contributed by atoms with van der Waals surface area (Å²) in [4.78, 5) is 58.4. The Bertz CT molecular complexity index is 2420. The number of benzene rings is 1. The molecule has 1 aliphatic rings. The third-order valence-electron chi connectivity index (χ3n) is 9.84. The maximum absolute atomic E-state index is 12.5. The Morgan fingerprint density at radius 2 is 1.49 bits per heavy atom. The first-order valence-electron chi connectivity index (χ1n) is 20.0. The largest absolute Gasteiger partial charge is 0.508 e. The maximum atomic E-state index is 12.5. The third-order valence-corrected chi connectivity index (χ3v) is 9.84. The van der Waals surface area contributed by atoms with Crippen molar-refractivity contribution in [1.29, 1.82) is 0 Å². The molecule has 5 aromatic heterocycles. The van der Waals surface area contributed by atoms with E-state index in [1.165, 1.54) is 18.7 Å². The molecular weight excluding hydrogens is 785 g/mol. The van der Waals surface area contributed by atoms with Crippen molar-refractivity contribution in [1.82, 2.24) is 55.3 Å². The molecule has 6 heterocycles. The topological polar surface area (TPSA) is 250 Å². The molecule has 0 atom stereocenters. The van der Waals surface area contributed by atoms with Crippen LogP contribution in [0.3, 0.4) is 0 Å². The molecule has 6 aromatic rings. The number of carbonyl (C=O) groups excluding carboxylic acids is 2. The number of phenols is 1. The molecule has 7 rings (SSSR count). The van der Waals surface area contributed by atoms with E-state index in [9.17, 15) is 14.7 Å². The van der Waals surface area contributed by atoms with Gasteiger partial charge in [0.25, 0.3) is 5.91 Å². The molecule has 1 aromatic carbocycles. The van der Waals surface area contributed by atoms with Crippen LogP contribution in [0.2, 0.25) is 0 Å². The molecule has 20 nitrogen and oxygen atoms in total. The average Bonchev–Trinajstić information content (AvgIpc) is 3.88. The van der Waals surface area contributed by atoms with E-state index >= 15 is 0 Å². The van der Waals surface area contributed by atoms with Gasteiger partial charge >= 0.3 is 0 Å². The number of aromatic amines is 1. The molecule has 0 radical (unpaired) electrons. The molecule has 0 aliphatic carbocycles. The number of anilines is 3. The van der Waals surface area contributed by atoms with Crippen LogP contribution in [-0.4, -0.2) is 140 Å². The quantitative estimate of drug-likeness (QED) is 0.0513. The van der Waals surface area contributed by atoms with Gasteiger partial charge in [0.2, 0.25) is 17.8 Å². The Labute approximate surface area is 351 Å². The first-order valence-corrected chi connectivity index (χ1v) is 20.0. The van der Waals surface area contributed by atoms with Crippen LogP contribution < -0.4 is 26.2 Å². The number of nitrogens with two attached hydrogens (primary N) is 1. The molecule has 0 saturated carbocycles. The maximum Gasteiger partial charge on any atom is 0.254 e. The fourth-order valence-electron chi connectivity index (χ4n) is 6.64. The molecule has 20 heteroatoms. The second-order valence-corrected chi connectivity index (χ2v) is 14.0. The number of aromatic hydroxyl groups is 1. The number of rotatable bonds is 21. The summed E-state index contributed by atoms with van der Waals surface area (Å²) in [7, 11) is 0. The lowest BCUT2D eigenvalue weighted by Crippen LogP contribution is -2.47. The number of aromatic nitrogens is 9. The van der Waals surface area contributed by atoms with Crippen molar-refractivity contribution in [3.63, 3.8) is 0 Å². The van der Waals surface area contributed by atoms with Crippen LogP contribution in [0.15, 0.2) is 55.4 Å². The van der Waals surface area contributed by atoms with E-state index in [0.29, 0.717) is 124 Å². The molecule has 318 valence electrons. The molecule has 1 aliphatic heterocycles. The molecular formula is C41H48N14O6. The van der Waals surface area contributed by atoms with Crippen molar-refractivity contribution in [3.05, 3.63) is 66.5 Å². The van der Waals surface area contributed by atoms with Gasteiger partial charge in [0.05, 0.1) is 61.8 Å². The van der Waals surface area contributed by atoms with Crippen LogP contribution in [0.5, 0.6) is 5.75 Å². The van der Waals surface area contributed by atoms with Crippen molar-refractivity contribution in [2.24, 2.45) is 0 Å². The fourth-order valence-corrected chi connectivity index (χ4v) is 6.64. The molecule has 1 saturated heterocycles. The van der Waals surface area contributed by atoms with E-state index in [4.69, 9.17) is 31.5 Å². The molecule has 6 N–H and O–H groups in total. The van der Waals surface area contributed by atoms with Gasteiger partial charge in [-0.2, -0.15) is 5.10 Å². The highest BCUT2D eigenvalue weighted by Gasteiger charge is 2.22. The Kier molecular flexibility index (Phi) is 14.4. The molecule has 0 spiro atoms. The number of nitrogens with one attached hydrogen (secondary N) is 3. The zero-order chi connectivity index (χ0) is 42.4. The number of ether oxygens (including phenoxy) is 3. The first kappa shape index (κ1) is 42.2. The summed E-state index contributed by atoms with van der Waals surface area (Å²) in [5, 5.41) is 21.9. The minimum atomic E-state index is -0.280. The van der Waals surface area contributed by atoms with Gasteiger partial charge in [0.15, 0.2) is 5.65 Å². The number of amides is 2. The van der Waals surface area contributed by atoms with E-state index in [2.05, 4.69) is 61.2 Å². The van der Waals surface area contributed by atoms with Gasteiger partial charge in [-0.15, -0.1) is 6.42 Å². The Balaban J connectivity index is 0.684. The number of nitrogen functional groups attached to an aromatic ring is 1. The number of nitrogens with zero attached hydrogens (tertiary/aromatic N) is 10. The summed E-state index contributed by atoms with van der Waals surface area (Å²) in [6, 6.07) is 7.02. The van der Waals surface area contributed by atoms with Gasteiger partial charge in [-0.3, -0.25) is 9.59 Å². The van der Waals surface area contributed by atoms with Gasteiger partial charge in [0, 0.05) is 87.9 Å². The van der Waals surface area contributed by atoms with Crippen LogP contribution in [0.1, 0.15) is 35.2 Å². The second kappa shape index (κ2) is 20.8. The van der Waals surface area contributed by atoms with E-state index < -0.39 is 0 Å². The number of phenolic OH excluding ortho intramolecular Hbond substituents is 1. The highest BCUT2D eigenvalue weighted by Crippen LogP contribution is 2.32. The fraction of sp³-hybridized carbons (Fsp3) is 0.390. The molecule has 0 unspecified atom stereocenters. The lowest BCUT2D eigenvalue weighted by Gasteiger charge is -2.34. The smallest absolute Gasteiger partial charge is 0.254 e. The number of unbranched alkanes of at least 4 members (excludes halogenated alkanes) is 1. The van der Waals surface area contributed by atoms with E-state index in [-0.39, 0.29) is 30.6 Å². The number of piperazine rings is 1. The molecule has 61 heavy (non-hydrogen) atoms. The highest BCUT2D eigenvalue weighted by molar-refractivity contribution is 6.00. The van der Waals surface area contributed by atoms with Crippen molar-refractivity contribution >= 4 is 51.5 Å². The predicted molar refractivity (Wildman–Crippen MR) is 227 cm³/mol. The van der Waals surface area contributed by atoms with Crippen LogP contribution in [0, 0.1) is 12.3 Å². The van der Waals surface area contributed by atoms with Gasteiger partial charge in [-0.1, -0.05) is 5.92 Å². The van der Waals surface area contributed by atoms with Crippen molar-refractivity contribution in [2.45, 2.75) is 25.8 Å². The van der Waals surface area contributed by atoms with Crippen LogP contribution >= 0.6 is 0 Å². The van der Waals surface area contributed by atoms with Crippen molar-refractivity contribution in [2.75, 3.05) is 94.4 Å². The number of carbonyl (C=O) groups is 2. The summed E-state index contributed by atoms with van der Waals surface area (Å²) in [5.74, 6) is 3.86. The summed E-state index contributed by atoms with van der Waals surface area (Å²) in [6.45, 7) is 6.27. The van der Waals surface area contributed by atoms with Crippen LogP contribution in [-0.2, 0) is 25.5 Å². The zero-order valence-electron chi connectivity index (χ0n) is 33.6. The lowest BCUT2D eigenvalue weighted by atomic mass is 10.2. The molecule has 2 amide bonds. The summed E-state index contributed by atoms with van der Waals surface area (Å²) in [5.41, 5.74) is 10.1. The number of terminal acetylenes is 1. The zero-order valence-corrected chi connectivity index (χ0v) is 33.6. The van der Waals surface area contributed by atoms with E-state index in [1.54, 1.807) is 35.3 Å². The number of hydrogen-bond acceptors (Lipinski definition) is 16. The number of H-pyrrole nitrogens is 1. The SMILES string of the molecule is C#Cc1cnc(N2CCN(c3ncc(C(=O)NCCOCCOCCOCCC(=O)NCCCCn4nc(-c5cc6cc(O)ccc6[nH]5)c5c(N)ncnc54)cn3)CC2)nc1. The third kappa shape index (κ3) is 11.2. The monoisotopic (exact) mass is 832 g/mol. The van der Waals surface area contributed by atoms with E-state index in [0.717, 1.165) is 29.4 Å². The number of fused-ring (bicyclic) bond motifs is 2. The first-order chi connectivity index (χ1) is 29.9. The van der Waals surface area contributed by atoms with Crippen molar-refractivity contribution < 1.29 is 28.9 Å². The highest BCUT2D eigenvalue weighted by atomic mass is 16.5. The standard InChI is InChI=1S/C41H48N14O6/c1-2-28-23-45-40(46-24-28)53-11-13-54(14-12-53)41-47-25-30(26-48-41)39(58)44-9-16-60-18-20-61-19-17-59-15-7-34(57)43-8-3-4-10-55-38-35(37(42)49-27-50-38)36(52-55)33-22-29-21-31(56)5-6-32(29)51-33/h1,5-6,21-27,51,56H,3-4,7-20H2,(H,43,57)(H,44,58)(H2,42,49,50). The van der Waals surface area contributed by atoms with Gasteiger partial charge in [-0.25, -0.2) is 34.6 Å². The summed E-state index contributed by atoms with van der Waals surface area (Å²) in [6.07, 6.45) is 14.9. The normalized spacial score (nSPS) is 12.8. The predicted octanol–water partition coefficient (Wildman–Crippen LogP) is 1.92. The Hall–Kier alpha value is -6.95. The van der Waals surface area contributed by atoms with Crippen LogP contribution in [0.4, 0.5) is 17.7 Å². The summed E-state index contributed by atoms with van der Waals surface area (Å²) < 4.78 is 18.4. The van der Waals surface area contributed by atoms with Crippen LogP contribution in [0.25, 0.3) is 33.3 Å². The van der Waals surface area contributed by atoms with E-state index in [1.807, 2.05) is 6.07 Å². The number of hydrogen-bond donors (Lipinski definition) is 5. The Morgan fingerprint density at radius 3 is 2.20 bits per heavy atom. The lowest BCUT2D eigenvalue weighted by molar-refractivity contribution is -0.122. The van der Waals surface area contributed by atoms with Gasteiger partial charge in [-0.05, 0) is 37.1 Å². The van der Waals surface area contributed by atoms with Gasteiger partial charge in [0.1, 0.15) is 23.6 Å². The number of aryl methyl sites for hydroxylation is 1. The molecule has 1 fully saturated rings.